The summed E-state index contributed by atoms with van der Waals surface area (Å²) in [6, 6.07) is 0. The van der Waals surface area contributed by atoms with Crippen molar-refractivity contribution >= 4 is 23.7 Å². The first kappa shape index (κ1) is 40.3. The number of unbranched alkanes of at least 4 members (excludes halogenated alkanes) is 24. The Hall–Kier alpha value is -0.710. The molecule has 0 aliphatic carbocycles. The molecule has 0 heterocycles. The highest BCUT2D eigenvalue weighted by Crippen LogP contribution is 2.23. The number of hydrogen-bond acceptors (Lipinski definition) is 4. The lowest BCUT2D eigenvalue weighted by Gasteiger charge is -2.14. The third kappa shape index (κ3) is 33.7. The number of rotatable bonds is 34. The lowest BCUT2D eigenvalue weighted by molar-refractivity contribution is -0.143. The largest absolute Gasteiger partial charge is 0.481 e. The smallest absolute Gasteiger partial charge is 0.306 e. The number of carbonyl (C=O) groups excluding carboxylic acids is 1. The summed E-state index contributed by atoms with van der Waals surface area (Å²) in [5, 5.41) is 9.40. The Labute approximate surface area is 260 Å². The van der Waals surface area contributed by atoms with Crippen LogP contribution in [0, 0.1) is 0 Å². The van der Waals surface area contributed by atoms with E-state index in [1.54, 1.807) is 11.8 Å². The molecule has 0 spiro atoms. The van der Waals surface area contributed by atoms with Gasteiger partial charge in [0.05, 0.1) is 19.4 Å². The van der Waals surface area contributed by atoms with Crippen LogP contribution in [0.3, 0.4) is 0 Å². The maximum atomic E-state index is 12.1. The third-order valence-corrected chi connectivity index (χ3v) is 9.52. The molecule has 1 atom stereocenters. The normalized spacial score (nSPS) is 12.0. The Morgan fingerprint density at radius 3 is 1.32 bits per heavy atom. The monoisotopic (exact) mass is 598 g/mol. The van der Waals surface area contributed by atoms with Crippen molar-refractivity contribution in [2.45, 2.75) is 205 Å². The molecule has 1 N–H and O–H groups in total. The van der Waals surface area contributed by atoms with Gasteiger partial charge in [0, 0.05) is 11.0 Å². The maximum absolute atomic E-state index is 12.1. The van der Waals surface area contributed by atoms with Gasteiger partial charge in [0.25, 0.3) is 0 Å². The minimum atomic E-state index is -0.734. The highest BCUT2D eigenvalue weighted by atomic mass is 32.2. The molecule has 0 fully saturated rings. The molecule has 244 valence electrons. The van der Waals surface area contributed by atoms with Gasteiger partial charge in [0.1, 0.15) is 0 Å². The molecule has 0 saturated heterocycles. The topological polar surface area (TPSA) is 63.6 Å². The zero-order valence-corrected chi connectivity index (χ0v) is 28.4. The van der Waals surface area contributed by atoms with Crippen LogP contribution < -0.4 is 0 Å². The van der Waals surface area contributed by atoms with Gasteiger partial charge >= 0.3 is 11.9 Å². The molecule has 41 heavy (non-hydrogen) atoms. The number of esters is 1. The molecular weight excluding hydrogens is 528 g/mol. The Balaban J connectivity index is 3.60. The number of hydrogen-bond donors (Lipinski definition) is 1. The van der Waals surface area contributed by atoms with Crippen molar-refractivity contribution in [3.63, 3.8) is 0 Å². The summed E-state index contributed by atoms with van der Waals surface area (Å²) in [5.74, 6) is -0.208. The van der Waals surface area contributed by atoms with Gasteiger partial charge in [-0.1, -0.05) is 174 Å². The minimum Gasteiger partial charge on any atom is -0.481 e. The van der Waals surface area contributed by atoms with Gasteiger partial charge in [-0.05, 0) is 12.8 Å². The van der Waals surface area contributed by atoms with Crippen LogP contribution in [0.5, 0.6) is 0 Å². The van der Waals surface area contributed by atoms with Crippen LogP contribution in [0.25, 0.3) is 0 Å². The molecular formula is C36H70O4S. The Morgan fingerprint density at radius 1 is 0.561 bits per heavy atom. The van der Waals surface area contributed by atoms with Crippen molar-refractivity contribution in [3.8, 4) is 0 Å². The van der Waals surface area contributed by atoms with Gasteiger partial charge in [-0.3, -0.25) is 9.59 Å². The van der Waals surface area contributed by atoms with Crippen molar-refractivity contribution in [2.75, 3.05) is 12.4 Å². The van der Waals surface area contributed by atoms with Gasteiger partial charge in [0.15, 0.2) is 0 Å². The van der Waals surface area contributed by atoms with Gasteiger partial charge < -0.3 is 9.84 Å². The number of thioether (sulfide) groups is 1. The zero-order chi connectivity index (χ0) is 30.1. The quantitative estimate of drug-likeness (QED) is 0.0589. The molecule has 5 heteroatoms. The second-order valence-electron chi connectivity index (χ2n) is 12.3. The molecule has 0 bridgehead atoms. The summed E-state index contributed by atoms with van der Waals surface area (Å²) >= 11 is 1.64. The van der Waals surface area contributed by atoms with Gasteiger partial charge in [-0.15, -0.1) is 0 Å². The summed E-state index contributed by atoms with van der Waals surface area (Å²) in [6.07, 6.45) is 35.8. The molecule has 4 nitrogen and oxygen atoms in total. The van der Waals surface area contributed by atoms with Crippen LogP contribution in [0.1, 0.15) is 200 Å². The lowest BCUT2D eigenvalue weighted by Crippen LogP contribution is -2.13. The SMILES string of the molecule is CCCCCCCCCCCCCCCCCCC(CC(=O)O)SCCC(=O)OCCCCCCCCCCCC. The van der Waals surface area contributed by atoms with E-state index < -0.39 is 5.97 Å². The minimum absolute atomic E-state index is 0.105. The van der Waals surface area contributed by atoms with Gasteiger partial charge in [0.2, 0.25) is 0 Å². The molecule has 0 radical (unpaired) electrons. The van der Waals surface area contributed by atoms with Crippen molar-refractivity contribution < 1.29 is 19.4 Å². The maximum Gasteiger partial charge on any atom is 0.306 e. The van der Waals surface area contributed by atoms with Crippen molar-refractivity contribution in [2.24, 2.45) is 0 Å². The molecule has 0 amide bonds. The highest BCUT2D eigenvalue weighted by Gasteiger charge is 2.14. The van der Waals surface area contributed by atoms with E-state index in [2.05, 4.69) is 13.8 Å². The van der Waals surface area contributed by atoms with E-state index in [1.807, 2.05) is 0 Å². The summed E-state index contributed by atoms with van der Waals surface area (Å²) < 4.78 is 5.40. The van der Waals surface area contributed by atoms with Gasteiger partial charge in [-0.2, -0.15) is 11.8 Å². The van der Waals surface area contributed by atoms with E-state index >= 15 is 0 Å². The Kier molecular flexibility index (Phi) is 33.2. The van der Waals surface area contributed by atoms with E-state index in [9.17, 15) is 14.7 Å². The van der Waals surface area contributed by atoms with E-state index in [0.29, 0.717) is 18.8 Å². The van der Waals surface area contributed by atoms with Crippen molar-refractivity contribution in [1.82, 2.24) is 0 Å². The molecule has 0 aromatic carbocycles. The number of carboxylic acid groups (broad SMARTS) is 1. The fourth-order valence-electron chi connectivity index (χ4n) is 5.52. The summed E-state index contributed by atoms with van der Waals surface area (Å²) in [4.78, 5) is 23.4. The molecule has 0 aromatic heterocycles. The fourth-order valence-corrected chi connectivity index (χ4v) is 6.73. The van der Waals surface area contributed by atoms with E-state index in [0.717, 1.165) is 25.7 Å². The van der Waals surface area contributed by atoms with Crippen LogP contribution in [-0.4, -0.2) is 34.7 Å². The summed E-state index contributed by atoms with van der Waals surface area (Å²) in [5.41, 5.74) is 0. The average molecular weight is 599 g/mol. The first-order valence-corrected chi connectivity index (χ1v) is 19.1. The van der Waals surface area contributed by atoms with Crippen LogP contribution in [0.15, 0.2) is 0 Å². The van der Waals surface area contributed by atoms with E-state index in [4.69, 9.17) is 4.74 Å². The Bertz CT molecular complexity index is 554. The molecule has 0 aromatic rings. The third-order valence-electron chi connectivity index (χ3n) is 8.20. The second kappa shape index (κ2) is 33.8. The van der Waals surface area contributed by atoms with Gasteiger partial charge in [-0.25, -0.2) is 0 Å². The first-order valence-electron chi connectivity index (χ1n) is 18.1. The Morgan fingerprint density at radius 2 is 0.927 bits per heavy atom. The van der Waals surface area contributed by atoms with E-state index in [-0.39, 0.29) is 17.6 Å². The summed E-state index contributed by atoms with van der Waals surface area (Å²) in [6.45, 7) is 5.06. The van der Waals surface area contributed by atoms with E-state index in [1.165, 1.54) is 148 Å². The standard InChI is InChI=1S/C36H70O4S/c1-3-5-7-9-11-13-15-16-17-18-19-20-21-23-25-27-29-34(33-35(37)38)41-32-30-36(39)40-31-28-26-24-22-14-12-10-8-6-4-2/h34H,3-33H2,1-2H3,(H,37,38). The highest BCUT2D eigenvalue weighted by molar-refractivity contribution is 7.99. The molecule has 1 unspecified atom stereocenters. The average Bonchev–Trinajstić information content (AvgIpc) is 2.95. The van der Waals surface area contributed by atoms with Crippen LogP contribution in [0.4, 0.5) is 0 Å². The lowest BCUT2D eigenvalue weighted by atomic mass is 10.0. The molecule has 0 aliphatic rings. The van der Waals surface area contributed by atoms with Crippen LogP contribution in [0.2, 0.25) is 0 Å². The predicted octanol–water partition coefficient (Wildman–Crippen LogP) is 12.1. The number of ether oxygens (including phenoxy) is 1. The van der Waals surface area contributed by atoms with Crippen molar-refractivity contribution in [1.29, 1.82) is 0 Å². The number of aliphatic carboxylic acids is 1. The molecule has 0 aliphatic heterocycles. The van der Waals surface area contributed by atoms with Crippen molar-refractivity contribution in [3.05, 3.63) is 0 Å². The summed E-state index contributed by atoms with van der Waals surface area (Å²) in [7, 11) is 0. The zero-order valence-electron chi connectivity index (χ0n) is 27.6. The predicted molar refractivity (Wildman–Crippen MR) is 180 cm³/mol. The van der Waals surface area contributed by atoms with Crippen LogP contribution in [-0.2, 0) is 14.3 Å². The van der Waals surface area contributed by atoms with Crippen LogP contribution >= 0.6 is 11.8 Å². The number of carbonyl (C=O) groups is 2. The fraction of sp³-hybridized carbons (Fsp3) is 0.944. The molecule has 0 rings (SSSR count). The molecule has 0 saturated carbocycles. The number of carboxylic acids is 1. The first-order chi connectivity index (χ1) is 20.1. The second-order valence-corrected chi connectivity index (χ2v) is 13.7.